The molecule has 0 spiro atoms. The van der Waals surface area contributed by atoms with Crippen molar-refractivity contribution in [3.05, 3.63) is 108 Å². The molecule has 0 unspecified atom stereocenters. The summed E-state index contributed by atoms with van der Waals surface area (Å²) in [6.07, 6.45) is 3.35. The summed E-state index contributed by atoms with van der Waals surface area (Å²) in [5.74, 6) is 0.208. The van der Waals surface area contributed by atoms with Gasteiger partial charge in [0.1, 0.15) is 5.75 Å². The molecule has 30 heavy (non-hydrogen) atoms. The van der Waals surface area contributed by atoms with Crippen molar-refractivity contribution in [1.82, 2.24) is 9.80 Å². The molecule has 4 rings (SSSR count). The van der Waals surface area contributed by atoms with Gasteiger partial charge in [-0.15, -0.1) is 0 Å². The van der Waals surface area contributed by atoms with Gasteiger partial charge in [-0.25, -0.2) is 0 Å². The molecular weight excluding hydrogens is 372 g/mol. The first-order chi connectivity index (χ1) is 14.7. The molecule has 1 amide bonds. The normalized spacial score (nSPS) is 15.0. The highest BCUT2D eigenvalue weighted by Crippen LogP contribution is 2.29. The van der Waals surface area contributed by atoms with Crippen LogP contribution >= 0.6 is 0 Å². The summed E-state index contributed by atoms with van der Waals surface area (Å²) in [6, 6.07) is 28.2. The summed E-state index contributed by atoms with van der Waals surface area (Å²) in [5, 5.41) is 9.56. The van der Waals surface area contributed by atoms with Crippen LogP contribution in [0.15, 0.2) is 91.0 Å². The molecule has 1 fully saturated rings. The summed E-state index contributed by atoms with van der Waals surface area (Å²) >= 11 is 0. The quantitative estimate of drug-likeness (QED) is 0.650. The third-order valence-electron chi connectivity index (χ3n) is 5.51. The van der Waals surface area contributed by atoms with E-state index in [0.29, 0.717) is 13.1 Å². The van der Waals surface area contributed by atoms with Crippen LogP contribution in [-0.2, 0) is 4.79 Å². The maximum Gasteiger partial charge on any atom is 0.246 e. The monoisotopic (exact) mass is 398 g/mol. The van der Waals surface area contributed by atoms with Crippen LogP contribution in [-0.4, -0.2) is 47.0 Å². The van der Waals surface area contributed by atoms with Crippen LogP contribution in [0.25, 0.3) is 6.08 Å². The van der Waals surface area contributed by atoms with Gasteiger partial charge in [-0.2, -0.15) is 0 Å². The van der Waals surface area contributed by atoms with Gasteiger partial charge in [-0.1, -0.05) is 72.8 Å². The summed E-state index contributed by atoms with van der Waals surface area (Å²) < 4.78 is 0. The molecule has 1 saturated heterocycles. The third-order valence-corrected chi connectivity index (χ3v) is 5.51. The predicted octanol–water partition coefficient (Wildman–Crippen LogP) is 4.34. The second kappa shape index (κ2) is 9.42. The van der Waals surface area contributed by atoms with Crippen molar-refractivity contribution >= 4 is 12.0 Å². The maximum absolute atomic E-state index is 12.6. The lowest BCUT2D eigenvalue weighted by Gasteiger charge is -2.39. The molecule has 1 aliphatic heterocycles. The number of rotatable bonds is 5. The Morgan fingerprint density at radius 1 is 0.800 bits per heavy atom. The molecule has 3 aromatic rings. The number of aromatic hydroxyl groups is 1. The number of hydrogen-bond donors (Lipinski definition) is 1. The highest BCUT2D eigenvalue weighted by atomic mass is 16.3. The van der Waals surface area contributed by atoms with E-state index in [1.165, 1.54) is 11.1 Å². The highest BCUT2D eigenvalue weighted by Gasteiger charge is 2.27. The fraction of sp³-hybridized carbons (Fsp3) is 0.192. The number of amides is 1. The zero-order chi connectivity index (χ0) is 20.8. The molecule has 152 valence electrons. The average molecular weight is 399 g/mol. The standard InChI is InChI=1S/C26H26N2O2/c29-24-13-7-8-21(20-24)14-15-25(30)27-16-18-28(19-17-27)26(22-9-3-1-4-10-22)23-11-5-2-6-12-23/h1-15,20,26,29H,16-19H2. The Morgan fingerprint density at radius 2 is 1.40 bits per heavy atom. The first-order valence-corrected chi connectivity index (χ1v) is 10.3. The van der Waals surface area contributed by atoms with Crippen LogP contribution < -0.4 is 0 Å². The van der Waals surface area contributed by atoms with E-state index in [1.54, 1.807) is 30.4 Å². The van der Waals surface area contributed by atoms with Gasteiger partial charge in [0.05, 0.1) is 6.04 Å². The van der Waals surface area contributed by atoms with Crippen molar-refractivity contribution in [3.63, 3.8) is 0 Å². The molecule has 4 nitrogen and oxygen atoms in total. The highest BCUT2D eigenvalue weighted by molar-refractivity contribution is 5.91. The van der Waals surface area contributed by atoms with E-state index in [4.69, 9.17) is 0 Å². The fourth-order valence-electron chi connectivity index (χ4n) is 3.99. The molecule has 1 N–H and O–H groups in total. The van der Waals surface area contributed by atoms with Crippen LogP contribution in [0, 0.1) is 0 Å². The molecule has 0 saturated carbocycles. The van der Waals surface area contributed by atoms with Gasteiger partial charge in [-0.05, 0) is 34.9 Å². The summed E-state index contributed by atoms with van der Waals surface area (Å²) in [5.41, 5.74) is 3.36. The minimum atomic E-state index is 0.00830. The average Bonchev–Trinajstić information content (AvgIpc) is 2.80. The molecule has 1 aliphatic rings. The number of nitrogens with zero attached hydrogens (tertiary/aromatic N) is 2. The summed E-state index contributed by atoms with van der Waals surface area (Å²) in [7, 11) is 0. The van der Waals surface area contributed by atoms with Crippen molar-refractivity contribution in [2.45, 2.75) is 6.04 Å². The maximum atomic E-state index is 12.6. The van der Waals surface area contributed by atoms with Crippen molar-refractivity contribution in [1.29, 1.82) is 0 Å². The van der Waals surface area contributed by atoms with E-state index in [0.717, 1.165) is 18.7 Å². The van der Waals surface area contributed by atoms with Crippen LogP contribution in [0.3, 0.4) is 0 Å². The molecule has 1 heterocycles. The number of carbonyl (C=O) groups excluding carboxylic acids is 1. The van der Waals surface area contributed by atoms with Crippen molar-refractivity contribution in [2.75, 3.05) is 26.2 Å². The van der Waals surface area contributed by atoms with Crippen molar-refractivity contribution in [3.8, 4) is 5.75 Å². The Hall–Kier alpha value is -3.37. The first kappa shape index (κ1) is 19.9. The second-order valence-corrected chi connectivity index (χ2v) is 7.51. The zero-order valence-corrected chi connectivity index (χ0v) is 16.9. The molecule has 4 heteroatoms. The lowest BCUT2D eigenvalue weighted by Crippen LogP contribution is -2.49. The molecule has 3 aromatic carbocycles. The van der Waals surface area contributed by atoms with Gasteiger partial charge in [0.25, 0.3) is 0 Å². The Kier molecular flexibility index (Phi) is 6.26. The minimum Gasteiger partial charge on any atom is -0.508 e. The third kappa shape index (κ3) is 4.78. The largest absolute Gasteiger partial charge is 0.508 e. The van der Waals surface area contributed by atoms with Gasteiger partial charge in [0.2, 0.25) is 5.91 Å². The lowest BCUT2D eigenvalue weighted by molar-refractivity contribution is -0.127. The SMILES string of the molecule is O=C(C=Cc1cccc(O)c1)N1CCN(C(c2ccccc2)c2ccccc2)CC1. The Labute approximate surface area is 177 Å². The Bertz CT molecular complexity index is 954. The number of piperazine rings is 1. The summed E-state index contributed by atoms with van der Waals surface area (Å²) in [4.78, 5) is 17.0. The van der Waals surface area contributed by atoms with E-state index in [9.17, 15) is 9.90 Å². The lowest BCUT2D eigenvalue weighted by atomic mass is 9.96. The van der Waals surface area contributed by atoms with Crippen molar-refractivity contribution in [2.24, 2.45) is 0 Å². The predicted molar refractivity (Wildman–Crippen MR) is 120 cm³/mol. The van der Waals surface area contributed by atoms with E-state index >= 15 is 0 Å². The molecule has 0 radical (unpaired) electrons. The van der Waals surface area contributed by atoms with Gasteiger partial charge in [0.15, 0.2) is 0 Å². The van der Waals surface area contributed by atoms with Crippen LogP contribution in [0.4, 0.5) is 0 Å². The van der Waals surface area contributed by atoms with Gasteiger partial charge in [-0.3, -0.25) is 9.69 Å². The smallest absolute Gasteiger partial charge is 0.246 e. The number of carbonyl (C=O) groups is 1. The first-order valence-electron chi connectivity index (χ1n) is 10.3. The Balaban J connectivity index is 1.44. The number of benzene rings is 3. The van der Waals surface area contributed by atoms with E-state index in [1.807, 2.05) is 23.1 Å². The summed E-state index contributed by atoms with van der Waals surface area (Å²) in [6.45, 7) is 3.03. The van der Waals surface area contributed by atoms with E-state index in [2.05, 4.69) is 53.4 Å². The number of hydrogen-bond acceptors (Lipinski definition) is 3. The Morgan fingerprint density at radius 3 is 1.97 bits per heavy atom. The van der Waals surface area contributed by atoms with E-state index in [-0.39, 0.29) is 17.7 Å². The van der Waals surface area contributed by atoms with Crippen LogP contribution in [0.5, 0.6) is 5.75 Å². The molecule has 0 bridgehead atoms. The second-order valence-electron chi connectivity index (χ2n) is 7.51. The van der Waals surface area contributed by atoms with E-state index < -0.39 is 0 Å². The van der Waals surface area contributed by atoms with Gasteiger partial charge in [0, 0.05) is 32.3 Å². The molecule has 0 aromatic heterocycles. The van der Waals surface area contributed by atoms with Gasteiger partial charge >= 0.3 is 0 Å². The zero-order valence-electron chi connectivity index (χ0n) is 16.9. The van der Waals surface area contributed by atoms with Crippen molar-refractivity contribution < 1.29 is 9.90 Å². The number of phenols is 1. The molecule has 0 aliphatic carbocycles. The number of phenolic OH excluding ortho intramolecular Hbond substituents is 1. The molecule has 0 atom stereocenters. The minimum absolute atomic E-state index is 0.00830. The van der Waals surface area contributed by atoms with Crippen LogP contribution in [0.2, 0.25) is 0 Å². The van der Waals surface area contributed by atoms with Gasteiger partial charge < -0.3 is 10.0 Å². The van der Waals surface area contributed by atoms with Crippen LogP contribution in [0.1, 0.15) is 22.7 Å². The molecular formula is C26H26N2O2. The fourth-order valence-corrected chi connectivity index (χ4v) is 3.99. The topological polar surface area (TPSA) is 43.8 Å².